The predicted molar refractivity (Wildman–Crippen MR) is 68.0 cm³/mol. The van der Waals surface area contributed by atoms with Gasteiger partial charge in [-0.25, -0.2) is 0 Å². The van der Waals surface area contributed by atoms with Crippen LogP contribution in [-0.2, 0) is 17.5 Å². The van der Waals surface area contributed by atoms with Crippen molar-refractivity contribution in [1.82, 2.24) is 15.1 Å². The molecule has 5 nitrogen and oxygen atoms in total. The highest BCUT2D eigenvalue weighted by molar-refractivity contribution is 5.85. The number of nitrogens with zero attached hydrogens (tertiary/aromatic N) is 2. The predicted octanol–water partition coefficient (Wildman–Crippen LogP) is 1.29. The zero-order valence-electron chi connectivity index (χ0n) is 11.4. The molecule has 1 aromatic rings. The average Bonchev–Trinajstić information content (AvgIpc) is 3.27. The van der Waals surface area contributed by atoms with Crippen LogP contribution < -0.4 is 11.1 Å². The molecule has 8 heteroatoms. The Hall–Kier alpha value is -1.57. The fraction of sp³-hybridized carbons (Fsp3) is 0.692. The standard InChI is InChI=1S/C13H17F3N4O/c14-13(15,16)10-5-6-20(19-10)7-12(11(17)21,8-1-2-8)18-9-3-4-9/h5-6,8-9,18H,1-4,7H2,(H2,17,21). The number of halogens is 3. The summed E-state index contributed by atoms with van der Waals surface area (Å²) in [5.41, 5.74) is 3.62. The third-order valence-corrected chi connectivity index (χ3v) is 4.10. The van der Waals surface area contributed by atoms with Crippen molar-refractivity contribution >= 4 is 5.91 Å². The van der Waals surface area contributed by atoms with Gasteiger partial charge in [-0.3, -0.25) is 14.8 Å². The molecule has 2 aliphatic rings. The van der Waals surface area contributed by atoms with Gasteiger partial charge in [-0.15, -0.1) is 0 Å². The van der Waals surface area contributed by atoms with E-state index in [1.165, 1.54) is 10.9 Å². The molecule has 1 unspecified atom stereocenters. The van der Waals surface area contributed by atoms with E-state index in [1.54, 1.807) is 0 Å². The summed E-state index contributed by atoms with van der Waals surface area (Å²) in [7, 11) is 0. The van der Waals surface area contributed by atoms with Gasteiger partial charge in [-0.1, -0.05) is 0 Å². The number of amides is 1. The topological polar surface area (TPSA) is 72.9 Å². The molecule has 3 rings (SSSR count). The second kappa shape index (κ2) is 4.72. The van der Waals surface area contributed by atoms with Gasteiger partial charge in [0.2, 0.25) is 5.91 Å². The molecule has 3 N–H and O–H groups in total. The number of primary amides is 1. The van der Waals surface area contributed by atoms with Crippen LogP contribution in [0.2, 0.25) is 0 Å². The Morgan fingerprint density at radius 1 is 1.38 bits per heavy atom. The number of alkyl halides is 3. The third kappa shape index (κ3) is 2.90. The number of rotatable bonds is 6. The molecule has 2 saturated carbocycles. The Bertz CT molecular complexity index is 548. The number of nitrogens with two attached hydrogens (primary N) is 1. The second-order valence-electron chi connectivity index (χ2n) is 5.92. The molecule has 2 fully saturated rings. The average molecular weight is 302 g/mol. The Kier molecular flexibility index (Phi) is 3.23. The van der Waals surface area contributed by atoms with E-state index in [0.717, 1.165) is 31.7 Å². The summed E-state index contributed by atoms with van der Waals surface area (Å²) in [6.07, 6.45) is 0.414. The van der Waals surface area contributed by atoms with Gasteiger partial charge < -0.3 is 5.73 Å². The summed E-state index contributed by atoms with van der Waals surface area (Å²) in [6.45, 7) is 0.0413. The summed E-state index contributed by atoms with van der Waals surface area (Å²) in [6, 6.07) is 1.14. The highest BCUT2D eigenvalue weighted by Crippen LogP contribution is 2.42. The van der Waals surface area contributed by atoms with Crippen LogP contribution in [0.5, 0.6) is 0 Å². The molecular formula is C13H17F3N4O. The molecule has 0 spiro atoms. The third-order valence-electron chi connectivity index (χ3n) is 4.10. The molecule has 1 amide bonds. The fourth-order valence-electron chi connectivity index (χ4n) is 2.67. The van der Waals surface area contributed by atoms with Crippen molar-refractivity contribution in [2.75, 3.05) is 0 Å². The van der Waals surface area contributed by atoms with Gasteiger partial charge in [0.1, 0.15) is 5.54 Å². The lowest BCUT2D eigenvalue weighted by Crippen LogP contribution is -2.60. The molecular weight excluding hydrogens is 285 g/mol. The number of aromatic nitrogens is 2. The first-order valence-electron chi connectivity index (χ1n) is 6.99. The smallest absolute Gasteiger partial charge is 0.368 e. The van der Waals surface area contributed by atoms with Crippen molar-refractivity contribution in [3.63, 3.8) is 0 Å². The maximum Gasteiger partial charge on any atom is 0.435 e. The summed E-state index contributed by atoms with van der Waals surface area (Å²) >= 11 is 0. The van der Waals surface area contributed by atoms with E-state index < -0.39 is 23.3 Å². The van der Waals surface area contributed by atoms with Crippen LogP contribution >= 0.6 is 0 Å². The van der Waals surface area contributed by atoms with Crippen LogP contribution in [0.1, 0.15) is 31.4 Å². The minimum Gasteiger partial charge on any atom is -0.368 e. The van der Waals surface area contributed by atoms with Crippen molar-refractivity contribution in [2.45, 2.75) is 50.0 Å². The molecule has 0 bridgehead atoms. The zero-order valence-corrected chi connectivity index (χ0v) is 11.4. The van der Waals surface area contributed by atoms with E-state index in [0.29, 0.717) is 0 Å². The van der Waals surface area contributed by atoms with E-state index in [4.69, 9.17) is 5.73 Å². The molecule has 0 saturated heterocycles. The first kappa shape index (κ1) is 14.4. The maximum atomic E-state index is 12.6. The monoisotopic (exact) mass is 302 g/mol. The molecule has 0 aromatic carbocycles. The van der Waals surface area contributed by atoms with Crippen molar-refractivity contribution in [2.24, 2.45) is 11.7 Å². The number of hydrogen-bond acceptors (Lipinski definition) is 3. The quantitative estimate of drug-likeness (QED) is 0.831. The summed E-state index contributed by atoms with van der Waals surface area (Å²) in [5, 5.41) is 6.78. The van der Waals surface area contributed by atoms with Crippen LogP contribution in [0.15, 0.2) is 12.3 Å². The largest absolute Gasteiger partial charge is 0.435 e. The van der Waals surface area contributed by atoms with Gasteiger partial charge in [-0.05, 0) is 37.7 Å². The lowest BCUT2D eigenvalue weighted by atomic mass is 9.91. The SMILES string of the molecule is NC(=O)C(Cn1ccc(C(F)(F)F)n1)(NC1CC1)C1CC1. The van der Waals surface area contributed by atoms with Crippen molar-refractivity contribution < 1.29 is 18.0 Å². The number of carbonyl (C=O) groups excluding carboxylic acids is 1. The van der Waals surface area contributed by atoms with E-state index in [1.807, 2.05) is 0 Å². The van der Waals surface area contributed by atoms with Crippen LogP contribution in [-0.4, -0.2) is 27.3 Å². The molecule has 0 aliphatic heterocycles. The highest BCUT2D eigenvalue weighted by Gasteiger charge is 2.52. The number of nitrogens with one attached hydrogen (secondary N) is 1. The lowest BCUT2D eigenvalue weighted by molar-refractivity contribution is -0.141. The summed E-state index contributed by atoms with van der Waals surface area (Å²) < 4.78 is 39.0. The fourth-order valence-corrected chi connectivity index (χ4v) is 2.67. The summed E-state index contributed by atoms with van der Waals surface area (Å²) in [4.78, 5) is 12.0. The van der Waals surface area contributed by atoms with Crippen LogP contribution in [0.25, 0.3) is 0 Å². The zero-order chi connectivity index (χ0) is 15.3. The van der Waals surface area contributed by atoms with E-state index in [-0.39, 0.29) is 18.5 Å². The first-order chi connectivity index (χ1) is 9.81. The van der Waals surface area contributed by atoms with Crippen LogP contribution in [0, 0.1) is 5.92 Å². The number of hydrogen-bond donors (Lipinski definition) is 2. The molecule has 21 heavy (non-hydrogen) atoms. The Morgan fingerprint density at radius 2 is 2.05 bits per heavy atom. The van der Waals surface area contributed by atoms with Gasteiger partial charge in [0.15, 0.2) is 5.69 Å². The molecule has 1 heterocycles. The van der Waals surface area contributed by atoms with Gasteiger partial charge in [0.05, 0.1) is 6.54 Å². The normalized spacial score (nSPS) is 22.0. The lowest BCUT2D eigenvalue weighted by Gasteiger charge is -2.32. The number of carbonyl (C=O) groups is 1. The van der Waals surface area contributed by atoms with Crippen molar-refractivity contribution in [3.8, 4) is 0 Å². The Balaban J connectivity index is 1.83. The van der Waals surface area contributed by atoms with Crippen molar-refractivity contribution in [1.29, 1.82) is 0 Å². The molecule has 2 aliphatic carbocycles. The molecule has 1 aromatic heterocycles. The van der Waals surface area contributed by atoms with Gasteiger partial charge in [0, 0.05) is 12.2 Å². The highest BCUT2D eigenvalue weighted by atomic mass is 19.4. The van der Waals surface area contributed by atoms with Crippen LogP contribution in [0.3, 0.4) is 0 Å². The van der Waals surface area contributed by atoms with E-state index in [2.05, 4.69) is 10.4 Å². The maximum absolute atomic E-state index is 12.6. The Labute approximate surface area is 119 Å². The van der Waals surface area contributed by atoms with E-state index >= 15 is 0 Å². The second-order valence-corrected chi connectivity index (χ2v) is 5.92. The van der Waals surface area contributed by atoms with E-state index in [9.17, 15) is 18.0 Å². The van der Waals surface area contributed by atoms with Gasteiger partial charge in [0.25, 0.3) is 0 Å². The minimum atomic E-state index is -4.48. The van der Waals surface area contributed by atoms with Crippen LogP contribution in [0.4, 0.5) is 13.2 Å². The van der Waals surface area contributed by atoms with Crippen molar-refractivity contribution in [3.05, 3.63) is 18.0 Å². The van der Waals surface area contributed by atoms with Gasteiger partial charge >= 0.3 is 6.18 Å². The van der Waals surface area contributed by atoms with Gasteiger partial charge in [-0.2, -0.15) is 18.3 Å². The molecule has 0 radical (unpaired) electrons. The summed E-state index contributed by atoms with van der Waals surface area (Å²) in [5.74, 6) is -0.435. The molecule has 116 valence electrons. The first-order valence-corrected chi connectivity index (χ1v) is 6.99. The Morgan fingerprint density at radius 3 is 2.48 bits per heavy atom. The minimum absolute atomic E-state index is 0.0413. The molecule has 1 atom stereocenters.